The highest BCUT2D eigenvalue weighted by molar-refractivity contribution is 7.88. The highest BCUT2D eigenvalue weighted by Crippen LogP contribution is 2.37. The number of aromatic nitrogens is 2. The van der Waals surface area contributed by atoms with Crippen molar-refractivity contribution in [2.24, 2.45) is 0 Å². The molecule has 202 valence electrons. The van der Waals surface area contributed by atoms with E-state index in [1.54, 1.807) is 19.1 Å². The first-order chi connectivity index (χ1) is 17.6. The number of halogens is 1. The van der Waals surface area contributed by atoms with Gasteiger partial charge >= 0.3 is 0 Å². The minimum absolute atomic E-state index is 0.00989. The Bertz CT molecular complexity index is 1260. The molecule has 1 fully saturated rings. The number of ether oxygens (including phenoxy) is 1. The Morgan fingerprint density at radius 3 is 2.59 bits per heavy atom. The third kappa shape index (κ3) is 6.61. The second-order valence-corrected chi connectivity index (χ2v) is 11.7. The number of fused-ring (bicyclic) bond motifs is 1. The zero-order valence-electron chi connectivity index (χ0n) is 21.5. The van der Waals surface area contributed by atoms with Crippen LogP contribution in [0.15, 0.2) is 18.3 Å². The number of methoxy groups -OCH3 is 1. The molecule has 0 bridgehead atoms. The van der Waals surface area contributed by atoms with E-state index in [2.05, 4.69) is 30.2 Å². The van der Waals surface area contributed by atoms with Gasteiger partial charge in [0.05, 0.1) is 37.5 Å². The number of nitrogens with one attached hydrogen (secondary N) is 3. The second-order valence-electron chi connectivity index (χ2n) is 9.48. The zero-order valence-corrected chi connectivity index (χ0v) is 23.1. The van der Waals surface area contributed by atoms with Gasteiger partial charge in [-0.25, -0.2) is 18.1 Å². The molecule has 0 unspecified atom stereocenters. The highest BCUT2D eigenvalue weighted by Gasteiger charge is 2.29. The van der Waals surface area contributed by atoms with Gasteiger partial charge in [0.1, 0.15) is 10.8 Å². The molecule has 2 heterocycles. The molecule has 1 aromatic carbocycles. The Labute approximate surface area is 223 Å². The van der Waals surface area contributed by atoms with E-state index in [0.29, 0.717) is 35.4 Å². The Morgan fingerprint density at radius 2 is 1.92 bits per heavy atom. The molecule has 3 N–H and O–H groups in total. The number of amides is 1. The maximum absolute atomic E-state index is 12.7. The first-order valence-electron chi connectivity index (χ1n) is 12.3. The third-order valence-electron chi connectivity index (χ3n) is 6.78. The molecule has 1 amide bonds. The van der Waals surface area contributed by atoms with Gasteiger partial charge in [0, 0.05) is 25.7 Å². The van der Waals surface area contributed by atoms with Crippen molar-refractivity contribution < 1.29 is 17.9 Å². The summed E-state index contributed by atoms with van der Waals surface area (Å²) in [4.78, 5) is 25.3. The van der Waals surface area contributed by atoms with Gasteiger partial charge in [-0.15, -0.1) is 0 Å². The van der Waals surface area contributed by atoms with E-state index in [4.69, 9.17) is 16.3 Å². The SMILES string of the molecule is CCN1CC(=O)N(C)c2cc(Nc3ncc(Cl)c(N[C@@H]4CCCC[C@H]4NS(C)(=O)=O)n3)c(OC)cc2C1. The van der Waals surface area contributed by atoms with E-state index < -0.39 is 10.0 Å². The highest BCUT2D eigenvalue weighted by atomic mass is 35.5. The van der Waals surface area contributed by atoms with E-state index in [-0.39, 0.29) is 23.9 Å². The van der Waals surface area contributed by atoms with E-state index >= 15 is 0 Å². The van der Waals surface area contributed by atoms with Crippen molar-refractivity contribution in [1.82, 2.24) is 19.6 Å². The van der Waals surface area contributed by atoms with Crippen LogP contribution in [0.4, 0.5) is 23.1 Å². The molecule has 11 nitrogen and oxygen atoms in total. The van der Waals surface area contributed by atoms with Crippen molar-refractivity contribution in [3.8, 4) is 5.75 Å². The van der Waals surface area contributed by atoms with Crippen molar-refractivity contribution in [1.29, 1.82) is 0 Å². The van der Waals surface area contributed by atoms with Crippen LogP contribution in [0, 0.1) is 0 Å². The number of carbonyl (C=O) groups is 1. The molecule has 0 saturated heterocycles. The molecular weight excluding hydrogens is 518 g/mol. The molecule has 2 atom stereocenters. The van der Waals surface area contributed by atoms with E-state index in [0.717, 1.165) is 49.7 Å². The molecule has 0 radical (unpaired) electrons. The number of carbonyl (C=O) groups excluding carboxylic acids is 1. The maximum Gasteiger partial charge on any atom is 0.240 e. The van der Waals surface area contributed by atoms with E-state index in [1.807, 2.05) is 19.1 Å². The second kappa shape index (κ2) is 11.4. The standard InChI is InChI=1S/C24H34ClN7O4S/c1-5-32-13-15-10-21(36-3)19(11-20(15)31(2)22(33)14-32)28-24-26-12-16(25)23(29-24)27-17-8-6-7-9-18(17)30-37(4,34)35/h10-12,17-18,30H,5-9,13-14H2,1-4H3,(H2,26,27,28,29)/t17-,18-/m1/s1. The molecule has 13 heteroatoms. The molecule has 2 aliphatic rings. The summed E-state index contributed by atoms with van der Waals surface area (Å²) < 4.78 is 32.1. The maximum atomic E-state index is 12.7. The molecule has 2 aromatic rings. The van der Waals surface area contributed by atoms with Crippen LogP contribution < -0.4 is 25.0 Å². The topological polar surface area (TPSA) is 129 Å². The third-order valence-corrected chi connectivity index (χ3v) is 7.79. The van der Waals surface area contributed by atoms with Crippen LogP contribution in [0.3, 0.4) is 0 Å². The fraction of sp³-hybridized carbons (Fsp3) is 0.542. The van der Waals surface area contributed by atoms with E-state index in [9.17, 15) is 13.2 Å². The van der Waals surface area contributed by atoms with Gasteiger partial charge in [-0.3, -0.25) is 9.69 Å². The summed E-state index contributed by atoms with van der Waals surface area (Å²) in [6.45, 7) is 3.77. The number of likely N-dealkylation sites (N-methyl/N-ethyl adjacent to an activating group) is 2. The predicted octanol–water partition coefficient (Wildman–Crippen LogP) is 2.95. The smallest absolute Gasteiger partial charge is 0.240 e. The Hall–Kier alpha value is -2.67. The molecule has 1 aromatic heterocycles. The average Bonchev–Trinajstić information content (AvgIpc) is 2.96. The van der Waals surface area contributed by atoms with Gasteiger partial charge in [0.25, 0.3) is 0 Å². The quantitative estimate of drug-likeness (QED) is 0.453. The normalized spacial score (nSPS) is 20.8. The van der Waals surface area contributed by atoms with Crippen LogP contribution >= 0.6 is 11.6 Å². The monoisotopic (exact) mass is 551 g/mol. The Balaban J connectivity index is 1.61. The van der Waals surface area contributed by atoms with Crippen LogP contribution in [0.2, 0.25) is 5.02 Å². The van der Waals surface area contributed by atoms with Crippen molar-refractivity contribution >= 4 is 50.7 Å². The van der Waals surface area contributed by atoms with Gasteiger partial charge in [0.15, 0.2) is 5.82 Å². The number of hydrogen-bond donors (Lipinski definition) is 3. The predicted molar refractivity (Wildman–Crippen MR) is 145 cm³/mol. The Morgan fingerprint density at radius 1 is 1.19 bits per heavy atom. The van der Waals surface area contributed by atoms with Crippen molar-refractivity contribution in [3.63, 3.8) is 0 Å². The lowest BCUT2D eigenvalue weighted by Gasteiger charge is -2.32. The number of benzene rings is 1. The fourth-order valence-electron chi connectivity index (χ4n) is 4.81. The molecule has 1 saturated carbocycles. The lowest BCUT2D eigenvalue weighted by molar-refractivity contribution is -0.119. The average molecular weight is 552 g/mol. The van der Waals surface area contributed by atoms with Gasteiger partial charge in [-0.2, -0.15) is 4.98 Å². The minimum Gasteiger partial charge on any atom is -0.495 e. The summed E-state index contributed by atoms with van der Waals surface area (Å²) in [5.74, 6) is 1.29. The molecule has 0 spiro atoms. The molecule has 1 aliphatic carbocycles. The van der Waals surface area contributed by atoms with Crippen molar-refractivity contribution in [3.05, 3.63) is 28.9 Å². The van der Waals surface area contributed by atoms with Crippen LogP contribution in [0.1, 0.15) is 38.2 Å². The van der Waals surface area contributed by atoms with Crippen LogP contribution in [0.5, 0.6) is 5.75 Å². The summed E-state index contributed by atoms with van der Waals surface area (Å²) in [7, 11) is 0.000932. The van der Waals surface area contributed by atoms with Crippen molar-refractivity contribution in [2.75, 3.05) is 49.0 Å². The Kier molecular flexibility index (Phi) is 8.42. The lowest BCUT2D eigenvalue weighted by Crippen LogP contribution is -2.48. The van der Waals surface area contributed by atoms with Gasteiger partial charge in [-0.05, 0) is 37.1 Å². The van der Waals surface area contributed by atoms with Crippen LogP contribution in [0.25, 0.3) is 0 Å². The van der Waals surface area contributed by atoms with Gasteiger partial charge in [-0.1, -0.05) is 31.4 Å². The fourth-order valence-corrected chi connectivity index (χ4v) is 5.79. The summed E-state index contributed by atoms with van der Waals surface area (Å²) in [5, 5.41) is 6.85. The van der Waals surface area contributed by atoms with Crippen molar-refractivity contribution in [2.45, 2.75) is 51.2 Å². The van der Waals surface area contributed by atoms with E-state index in [1.165, 1.54) is 6.20 Å². The summed E-state index contributed by atoms with van der Waals surface area (Å²) in [6, 6.07) is 3.37. The number of rotatable bonds is 8. The number of nitrogens with zero attached hydrogens (tertiary/aromatic N) is 4. The summed E-state index contributed by atoms with van der Waals surface area (Å²) in [6.07, 6.45) is 6.08. The number of hydrogen-bond acceptors (Lipinski definition) is 9. The molecule has 37 heavy (non-hydrogen) atoms. The molecular formula is C24H34ClN7O4S. The van der Waals surface area contributed by atoms with Gasteiger partial charge in [0.2, 0.25) is 21.9 Å². The summed E-state index contributed by atoms with van der Waals surface area (Å²) in [5.41, 5.74) is 2.38. The summed E-state index contributed by atoms with van der Waals surface area (Å²) >= 11 is 6.41. The lowest BCUT2D eigenvalue weighted by atomic mass is 9.91. The molecule has 4 rings (SSSR count). The van der Waals surface area contributed by atoms with Crippen LogP contribution in [-0.2, 0) is 21.4 Å². The zero-order chi connectivity index (χ0) is 26.7. The molecule has 1 aliphatic heterocycles. The number of sulfonamides is 1. The first-order valence-corrected chi connectivity index (χ1v) is 14.6. The largest absolute Gasteiger partial charge is 0.495 e. The van der Waals surface area contributed by atoms with Crippen LogP contribution in [-0.4, -0.2) is 74.8 Å². The first kappa shape index (κ1) is 27.4. The number of anilines is 4. The van der Waals surface area contributed by atoms with Gasteiger partial charge < -0.3 is 20.3 Å². The minimum atomic E-state index is -3.35.